The minimum absolute atomic E-state index is 0.181. The molecular formula is C13H12Cl3NO2. The van der Waals surface area contributed by atoms with E-state index in [9.17, 15) is 9.90 Å². The third-order valence-corrected chi connectivity index (χ3v) is 3.48. The average Bonchev–Trinajstić information content (AvgIpc) is 2.76. The van der Waals surface area contributed by atoms with Gasteiger partial charge in [0.25, 0.3) is 9.70 Å². The van der Waals surface area contributed by atoms with E-state index in [4.69, 9.17) is 34.8 Å². The number of benzene rings is 1. The van der Waals surface area contributed by atoms with E-state index in [1.165, 1.54) is 0 Å². The molecule has 0 aromatic heterocycles. The van der Waals surface area contributed by atoms with Gasteiger partial charge in [-0.05, 0) is 30.9 Å². The van der Waals surface area contributed by atoms with Gasteiger partial charge >= 0.3 is 0 Å². The SMILES string of the molecule is O=C(NC1=C(c2ccccc2O)CCC1)C(Cl)(Cl)Cl. The number of amides is 1. The van der Waals surface area contributed by atoms with Crippen molar-refractivity contribution in [3.8, 4) is 5.75 Å². The number of alkyl halides is 3. The van der Waals surface area contributed by atoms with Crippen molar-refractivity contribution in [2.75, 3.05) is 0 Å². The van der Waals surface area contributed by atoms with Gasteiger partial charge in [0, 0.05) is 11.3 Å². The number of halogens is 3. The molecule has 102 valence electrons. The third-order valence-electron chi connectivity index (χ3n) is 2.97. The molecule has 0 bridgehead atoms. The van der Waals surface area contributed by atoms with Crippen molar-refractivity contribution < 1.29 is 9.90 Å². The summed E-state index contributed by atoms with van der Waals surface area (Å²) in [6, 6.07) is 6.98. The summed E-state index contributed by atoms with van der Waals surface area (Å²) >= 11 is 16.6. The van der Waals surface area contributed by atoms with Crippen LogP contribution in [0.2, 0.25) is 0 Å². The fourth-order valence-corrected chi connectivity index (χ4v) is 2.26. The van der Waals surface area contributed by atoms with Gasteiger partial charge in [-0.2, -0.15) is 0 Å². The number of nitrogens with one attached hydrogen (secondary N) is 1. The van der Waals surface area contributed by atoms with Crippen LogP contribution in [0.3, 0.4) is 0 Å². The van der Waals surface area contributed by atoms with Crippen molar-refractivity contribution in [1.29, 1.82) is 0 Å². The van der Waals surface area contributed by atoms with Gasteiger partial charge in [-0.1, -0.05) is 53.0 Å². The summed E-state index contributed by atoms with van der Waals surface area (Å²) in [7, 11) is 0. The Morgan fingerprint density at radius 2 is 1.89 bits per heavy atom. The molecule has 0 radical (unpaired) electrons. The zero-order valence-corrected chi connectivity index (χ0v) is 12.2. The van der Waals surface area contributed by atoms with Crippen molar-refractivity contribution in [3.63, 3.8) is 0 Å². The lowest BCUT2D eigenvalue weighted by atomic mass is 10.0. The average molecular weight is 321 g/mol. The molecule has 1 aliphatic rings. The fraction of sp³-hybridized carbons (Fsp3) is 0.308. The number of carbonyl (C=O) groups is 1. The van der Waals surface area contributed by atoms with Crippen LogP contribution in [-0.2, 0) is 4.79 Å². The number of aromatic hydroxyl groups is 1. The smallest absolute Gasteiger partial charge is 0.276 e. The van der Waals surface area contributed by atoms with E-state index in [2.05, 4.69) is 5.32 Å². The summed E-state index contributed by atoms with van der Waals surface area (Å²) in [5.74, 6) is -0.498. The maximum Gasteiger partial charge on any atom is 0.276 e. The van der Waals surface area contributed by atoms with Crippen LogP contribution in [0.4, 0.5) is 0 Å². The standard InChI is InChI=1S/C13H12Cl3NO2/c14-13(15,16)12(19)17-10-6-3-5-8(10)9-4-1-2-7-11(9)18/h1-2,4,7,18H,3,5-6H2,(H,17,19). The lowest BCUT2D eigenvalue weighted by molar-refractivity contribution is -0.119. The van der Waals surface area contributed by atoms with Crippen LogP contribution in [0.5, 0.6) is 5.75 Å². The van der Waals surface area contributed by atoms with Crippen LogP contribution in [0.15, 0.2) is 30.0 Å². The molecular weight excluding hydrogens is 309 g/mol. The molecule has 0 atom stereocenters. The molecule has 2 rings (SSSR count). The first-order valence-electron chi connectivity index (χ1n) is 5.78. The highest BCUT2D eigenvalue weighted by atomic mass is 35.6. The van der Waals surface area contributed by atoms with Crippen molar-refractivity contribution in [2.24, 2.45) is 0 Å². The Balaban J connectivity index is 2.30. The van der Waals surface area contributed by atoms with Gasteiger partial charge in [0.1, 0.15) is 5.75 Å². The van der Waals surface area contributed by atoms with Crippen molar-refractivity contribution >= 4 is 46.3 Å². The van der Waals surface area contributed by atoms with Gasteiger partial charge in [0.05, 0.1) is 0 Å². The number of carbonyl (C=O) groups excluding carboxylic acids is 1. The lowest BCUT2D eigenvalue weighted by Crippen LogP contribution is -2.33. The molecule has 19 heavy (non-hydrogen) atoms. The van der Waals surface area contributed by atoms with E-state index in [-0.39, 0.29) is 5.75 Å². The van der Waals surface area contributed by atoms with Gasteiger partial charge in [-0.15, -0.1) is 0 Å². The first kappa shape index (κ1) is 14.5. The van der Waals surface area contributed by atoms with Crippen LogP contribution in [0.1, 0.15) is 24.8 Å². The first-order valence-corrected chi connectivity index (χ1v) is 6.91. The zero-order chi connectivity index (χ0) is 14.0. The molecule has 0 aliphatic heterocycles. The Morgan fingerprint density at radius 3 is 2.53 bits per heavy atom. The minimum atomic E-state index is -1.99. The summed E-state index contributed by atoms with van der Waals surface area (Å²) in [4.78, 5) is 11.7. The van der Waals surface area contributed by atoms with Crippen LogP contribution in [0, 0.1) is 0 Å². The number of rotatable bonds is 2. The number of hydrogen-bond acceptors (Lipinski definition) is 2. The molecule has 0 fully saturated rings. The lowest BCUT2D eigenvalue weighted by Gasteiger charge is -2.14. The summed E-state index contributed by atoms with van der Waals surface area (Å²) < 4.78 is -1.99. The van der Waals surface area contributed by atoms with E-state index in [0.717, 1.165) is 18.4 Å². The van der Waals surface area contributed by atoms with E-state index in [1.54, 1.807) is 18.2 Å². The molecule has 1 aromatic carbocycles. The molecule has 2 N–H and O–H groups in total. The van der Waals surface area contributed by atoms with Crippen LogP contribution in [-0.4, -0.2) is 14.8 Å². The molecule has 1 amide bonds. The van der Waals surface area contributed by atoms with E-state index in [1.807, 2.05) is 6.07 Å². The second-order valence-corrected chi connectivity index (χ2v) is 6.56. The van der Waals surface area contributed by atoms with Gasteiger partial charge in [-0.3, -0.25) is 4.79 Å². The predicted molar refractivity (Wildman–Crippen MR) is 77.3 cm³/mol. The number of allylic oxidation sites excluding steroid dienone is 2. The predicted octanol–water partition coefficient (Wildman–Crippen LogP) is 3.77. The summed E-state index contributed by atoms with van der Waals surface area (Å²) in [5, 5.41) is 12.5. The molecule has 6 heteroatoms. The number of para-hydroxylation sites is 1. The van der Waals surface area contributed by atoms with Crippen LogP contribution < -0.4 is 5.32 Å². The van der Waals surface area contributed by atoms with E-state index >= 15 is 0 Å². The molecule has 0 saturated heterocycles. The Morgan fingerprint density at radius 1 is 1.21 bits per heavy atom. The summed E-state index contributed by atoms with van der Waals surface area (Å²) in [5.41, 5.74) is 2.30. The Labute approximate surface area is 126 Å². The highest BCUT2D eigenvalue weighted by Crippen LogP contribution is 2.37. The van der Waals surface area contributed by atoms with Crippen molar-refractivity contribution in [3.05, 3.63) is 35.5 Å². The Bertz CT molecular complexity index is 535. The normalized spacial score (nSPS) is 15.7. The maximum absolute atomic E-state index is 11.7. The highest BCUT2D eigenvalue weighted by Gasteiger charge is 2.32. The third kappa shape index (κ3) is 3.35. The van der Waals surface area contributed by atoms with Crippen LogP contribution >= 0.6 is 34.8 Å². The van der Waals surface area contributed by atoms with Gasteiger partial charge in [-0.25, -0.2) is 0 Å². The monoisotopic (exact) mass is 319 g/mol. The molecule has 0 heterocycles. The Kier molecular flexibility index (Phi) is 4.29. The van der Waals surface area contributed by atoms with Gasteiger partial charge < -0.3 is 10.4 Å². The second-order valence-electron chi connectivity index (χ2n) is 4.28. The largest absolute Gasteiger partial charge is 0.507 e. The maximum atomic E-state index is 11.7. The van der Waals surface area contributed by atoms with Gasteiger partial charge in [0.2, 0.25) is 0 Å². The first-order chi connectivity index (χ1) is 8.89. The molecule has 0 saturated carbocycles. The molecule has 3 nitrogen and oxygen atoms in total. The van der Waals surface area contributed by atoms with Crippen LogP contribution in [0.25, 0.3) is 5.57 Å². The fourth-order valence-electron chi connectivity index (χ4n) is 2.12. The molecule has 1 aliphatic carbocycles. The Hall–Kier alpha value is -0.900. The van der Waals surface area contributed by atoms with Crippen molar-refractivity contribution in [1.82, 2.24) is 5.32 Å². The van der Waals surface area contributed by atoms with E-state index < -0.39 is 9.70 Å². The number of phenols is 1. The molecule has 1 aromatic rings. The summed E-state index contributed by atoms with van der Waals surface area (Å²) in [6.07, 6.45) is 2.35. The van der Waals surface area contributed by atoms with Crippen molar-refractivity contribution in [2.45, 2.75) is 23.1 Å². The van der Waals surface area contributed by atoms with E-state index in [0.29, 0.717) is 17.7 Å². The number of hydrogen-bond donors (Lipinski definition) is 2. The topological polar surface area (TPSA) is 49.3 Å². The second kappa shape index (κ2) is 5.61. The van der Waals surface area contributed by atoms with Gasteiger partial charge in [0.15, 0.2) is 0 Å². The molecule has 0 unspecified atom stereocenters. The minimum Gasteiger partial charge on any atom is -0.507 e. The summed E-state index contributed by atoms with van der Waals surface area (Å²) in [6.45, 7) is 0. The number of phenolic OH excluding ortho intramolecular Hbond substituents is 1. The zero-order valence-electron chi connectivity index (χ0n) is 9.92. The quantitative estimate of drug-likeness (QED) is 0.815. The molecule has 0 spiro atoms. The highest BCUT2D eigenvalue weighted by molar-refractivity contribution is 6.76.